The molecule has 1 aliphatic carbocycles. The van der Waals surface area contributed by atoms with E-state index in [9.17, 15) is 9.59 Å². The summed E-state index contributed by atoms with van der Waals surface area (Å²) in [5.41, 5.74) is 1.73. The van der Waals surface area contributed by atoms with Crippen LogP contribution in [0, 0.1) is 0 Å². The SMILES string of the molecule is COc1ccccc1OCC(=O)Nc1cccc(NC(=O)C2(c3ccc(Br)cc3)CC2)c1. The quantitative estimate of drug-likeness (QED) is 0.454. The van der Waals surface area contributed by atoms with Crippen LogP contribution in [-0.2, 0) is 15.0 Å². The van der Waals surface area contributed by atoms with Gasteiger partial charge in [-0.15, -0.1) is 0 Å². The normalized spacial score (nSPS) is 13.7. The molecule has 3 aromatic rings. The first-order chi connectivity index (χ1) is 15.5. The molecule has 164 valence electrons. The van der Waals surface area contributed by atoms with Crippen LogP contribution in [-0.4, -0.2) is 25.5 Å². The van der Waals surface area contributed by atoms with E-state index in [1.165, 1.54) is 0 Å². The van der Waals surface area contributed by atoms with E-state index in [0.29, 0.717) is 22.9 Å². The molecule has 0 aromatic heterocycles. The smallest absolute Gasteiger partial charge is 0.262 e. The first-order valence-electron chi connectivity index (χ1n) is 10.2. The Balaban J connectivity index is 1.36. The Bertz CT molecular complexity index is 1130. The van der Waals surface area contributed by atoms with Gasteiger partial charge in [0.05, 0.1) is 12.5 Å². The highest BCUT2D eigenvalue weighted by Crippen LogP contribution is 2.49. The molecule has 32 heavy (non-hydrogen) atoms. The lowest BCUT2D eigenvalue weighted by atomic mass is 9.95. The molecule has 4 rings (SSSR count). The number of para-hydroxylation sites is 2. The van der Waals surface area contributed by atoms with Gasteiger partial charge >= 0.3 is 0 Å². The van der Waals surface area contributed by atoms with Crippen LogP contribution in [0.15, 0.2) is 77.3 Å². The van der Waals surface area contributed by atoms with Crippen molar-refractivity contribution in [2.24, 2.45) is 0 Å². The summed E-state index contributed by atoms with van der Waals surface area (Å²) in [7, 11) is 1.55. The number of halogens is 1. The largest absolute Gasteiger partial charge is 0.493 e. The molecule has 7 heteroatoms. The van der Waals surface area contributed by atoms with E-state index >= 15 is 0 Å². The second kappa shape index (κ2) is 9.44. The zero-order valence-corrected chi connectivity index (χ0v) is 19.1. The van der Waals surface area contributed by atoms with Crippen molar-refractivity contribution in [1.82, 2.24) is 0 Å². The van der Waals surface area contributed by atoms with Crippen molar-refractivity contribution < 1.29 is 19.1 Å². The van der Waals surface area contributed by atoms with Crippen LogP contribution in [0.25, 0.3) is 0 Å². The lowest BCUT2D eigenvalue weighted by Crippen LogP contribution is -2.27. The molecule has 2 N–H and O–H groups in total. The summed E-state index contributed by atoms with van der Waals surface area (Å²) in [5, 5.41) is 5.79. The Morgan fingerprint density at radius 2 is 1.56 bits per heavy atom. The van der Waals surface area contributed by atoms with Crippen LogP contribution in [0.5, 0.6) is 11.5 Å². The molecule has 6 nitrogen and oxygen atoms in total. The summed E-state index contributed by atoms with van der Waals surface area (Å²) in [4.78, 5) is 25.3. The Kier molecular flexibility index (Phi) is 6.46. The molecule has 0 radical (unpaired) electrons. The number of carbonyl (C=O) groups is 2. The van der Waals surface area contributed by atoms with E-state index in [-0.39, 0.29) is 18.4 Å². The van der Waals surface area contributed by atoms with Crippen molar-refractivity contribution in [3.8, 4) is 11.5 Å². The summed E-state index contributed by atoms with van der Waals surface area (Å²) in [6, 6.07) is 22.1. The highest BCUT2D eigenvalue weighted by Gasteiger charge is 2.51. The van der Waals surface area contributed by atoms with Crippen LogP contribution in [0.2, 0.25) is 0 Å². The average molecular weight is 495 g/mol. The number of amides is 2. The van der Waals surface area contributed by atoms with Gasteiger partial charge in [0, 0.05) is 15.8 Å². The second-order valence-electron chi connectivity index (χ2n) is 7.61. The molecule has 1 aliphatic rings. The van der Waals surface area contributed by atoms with Crippen molar-refractivity contribution in [3.63, 3.8) is 0 Å². The van der Waals surface area contributed by atoms with Crippen molar-refractivity contribution in [1.29, 1.82) is 0 Å². The van der Waals surface area contributed by atoms with Crippen molar-refractivity contribution in [2.45, 2.75) is 18.3 Å². The van der Waals surface area contributed by atoms with Crippen molar-refractivity contribution in [3.05, 3.63) is 82.8 Å². The molecule has 0 heterocycles. The van der Waals surface area contributed by atoms with Gasteiger partial charge in [0.2, 0.25) is 5.91 Å². The second-order valence-corrected chi connectivity index (χ2v) is 8.53. The molecule has 0 unspecified atom stereocenters. The zero-order chi connectivity index (χ0) is 22.6. The Morgan fingerprint density at radius 3 is 2.22 bits per heavy atom. The molecule has 0 atom stereocenters. The molecule has 1 saturated carbocycles. The maximum atomic E-state index is 13.0. The van der Waals surface area contributed by atoms with Crippen molar-refractivity contribution >= 4 is 39.1 Å². The van der Waals surface area contributed by atoms with E-state index in [1.54, 1.807) is 43.5 Å². The van der Waals surface area contributed by atoms with E-state index < -0.39 is 5.41 Å². The highest BCUT2D eigenvalue weighted by atomic mass is 79.9. The predicted molar refractivity (Wildman–Crippen MR) is 127 cm³/mol. The van der Waals surface area contributed by atoms with Gasteiger partial charge in [-0.05, 0) is 60.9 Å². The van der Waals surface area contributed by atoms with Crippen LogP contribution in [0.4, 0.5) is 11.4 Å². The minimum atomic E-state index is -0.484. The maximum Gasteiger partial charge on any atom is 0.262 e. The van der Waals surface area contributed by atoms with E-state index in [1.807, 2.05) is 36.4 Å². The van der Waals surface area contributed by atoms with Crippen molar-refractivity contribution in [2.75, 3.05) is 24.4 Å². The Morgan fingerprint density at radius 1 is 0.906 bits per heavy atom. The lowest BCUT2D eigenvalue weighted by Gasteiger charge is -2.16. The third-order valence-electron chi connectivity index (χ3n) is 5.41. The minimum Gasteiger partial charge on any atom is -0.493 e. The van der Waals surface area contributed by atoms with E-state index in [0.717, 1.165) is 22.9 Å². The molecule has 3 aromatic carbocycles. The van der Waals surface area contributed by atoms with Crippen LogP contribution in [0.1, 0.15) is 18.4 Å². The van der Waals surface area contributed by atoms with Crippen LogP contribution < -0.4 is 20.1 Å². The summed E-state index contributed by atoms with van der Waals surface area (Å²) in [5.74, 6) is 0.703. The number of anilines is 2. The molecule has 1 fully saturated rings. The first kappa shape index (κ1) is 21.9. The monoisotopic (exact) mass is 494 g/mol. The molecular weight excluding hydrogens is 472 g/mol. The van der Waals surface area contributed by atoms with Gasteiger partial charge in [-0.1, -0.05) is 46.3 Å². The molecule has 2 amide bonds. The number of nitrogens with one attached hydrogen (secondary N) is 2. The predicted octanol–water partition coefficient (Wildman–Crippen LogP) is 5.15. The standard InChI is InChI=1S/C25H23BrN2O4/c1-31-21-7-2-3-8-22(21)32-16-23(29)27-19-5-4-6-20(15-19)28-24(30)25(13-14-25)17-9-11-18(26)12-10-17/h2-12,15H,13-14,16H2,1H3,(H,27,29)(H,28,30). The molecule has 0 saturated heterocycles. The fourth-order valence-electron chi connectivity index (χ4n) is 3.54. The minimum absolute atomic E-state index is 0.0391. The highest BCUT2D eigenvalue weighted by molar-refractivity contribution is 9.10. The summed E-state index contributed by atoms with van der Waals surface area (Å²) >= 11 is 3.43. The number of hydrogen-bond donors (Lipinski definition) is 2. The number of hydrogen-bond acceptors (Lipinski definition) is 4. The summed E-state index contributed by atoms with van der Waals surface area (Å²) < 4.78 is 11.8. The van der Waals surface area contributed by atoms with Gasteiger partial charge < -0.3 is 20.1 Å². The first-order valence-corrected chi connectivity index (χ1v) is 11.0. The van der Waals surface area contributed by atoms with Gasteiger partial charge in [-0.2, -0.15) is 0 Å². The van der Waals surface area contributed by atoms with E-state index in [2.05, 4.69) is 26.6 Å². The number of benzene rings is 3. The molecule has 0 bridgehead atoms. The number of methoxy groups -OCH3 is 1. The van der Waals surface area contributed by atoms with Gasteiger partial charge in [-0.25, -0.2) is 0 Å². The van der Waals surface area contributed by atoms with Gasteiger partial charge in [0.25, 0.3) is 5.91 Å². The average Bonchev–Trinajstić information content (AvgIpc) is 3.61. The Hall–Kier alpha value is -3.32. The van der Waals surface area contributed by atoms with Gasteiger partial charge in [0.1, 0.15) is 0 Å². The summed E-state index contributed by atoms with van der Waals surface area (Å²) in [6.45, 7) is -0.163. The maximum absolute atomic E-state index is 13.0. The lowest BCUT2D eigenvalue weighted by molar-refractivity contribution is -0.119. The topological polar surface area (TPSA) is 76.7 Å². The van der Waals surface area contributed by atoms with Gasteiger partial charge in [0.15, 0.2) is 18.1 Å². The van der Waals surface area contributed by atoms with Crippen LogP contribution >= 0.6 is 15.9 Å². The van der Waals surface area contributed by atoms with Crippen LogP contribution in [0.3, 0.4) is 0 Å². The molecule has 0 spiro atoms. The fourth-order valence-corrected chi connectivity index (χ4v) is 3.81. The third kappa shape index (κ3) is 4.94. The zero-order valence-electron chi connectivity index (χ0n) is 17.6. The number of carbonyl (C=O) groups excluding carboxylic acids is 2. The van der Waals surface area contributed by atoms with Gasteiger partial charge in [-0.3, -0.25) is 9.59 Å². The number of ether oxygens (including phenoxy) is 2. The molecular formula is C25H23BrN2O4. The third-order valence-corrected chi connectivity index (χ3v) is 5.94. The number of rotatable bonds is 8. The fraction of sp³-hybridized carbons (Fsp3) is 0.200. The molecule has 0 aliphatic heterocycles. The Labute approximate surface area is 195 Å². The summed E-state index contributed by atoms with van der Waals surface area (Å²) in [6.07, 6.45) is 1.63. The van der Waals surface area contributed by atoms with E-state index in [4.69, 9.17) is 9.47 Å².